The van der Waals surface area contributed by atoms with Gasteiger partial charge in [-0.3, -0.25) is 10.1 Å². The van der Waals surface area contributed by atoms with Crippen LogP contribution in [0.1, 0.15) is 15.9 Å². The van der Waals surface area contributed by atoms with Crippen LogP contribution in [0.2, 0.25) is 0 Å². The van der Waals surface area contributed by atoms with Crippen LogP contribution in [0, 0.1) is 17.0 Å². The highest BCUT2D eigenvalue weighted by Gasteiger charge is 2.20. The lowest BCUT2D eigenvalue weighted by atomic mass is 10.1. The molecule has 0 amide bonds. The molecule has 1 aromatic heterocycles. The third kappa shape index (κ3) is 2.59. The first kappa shape index (κ1) is 13.9. The van der Waals surface area contributed by atoms with E-state index in [1.807, 2.05) is 0 Å². The predicted molar refractivity (Wildman–Crippen MR) is 67.7 cm³/mol. The topological polar surface area (TPSA) is 124 Å². The van der Waals surface area contributed by atoms with E-state index < -0.39 is 10.9 Å². The molecule has 0 aliphatic rings. The van der Waals surface area contributed by atoms with Crippen LogP contribution in [0.15, 0.2) is 22.2 Å². The zero-order chi connectivity index (χ0) is 14.9. The highest BCUT2D eigenvalue weighted by Crippen LogP contribution is 2.34. The summed E-state index contributed by atoms with van der Waals surface area (Å²) in [6, 6.07) is 2.40. The van der Waals surface area contributed by atoms with Crippen molar-refractivity contribution in [3.8, 4) is 0 Å². The van der Waals surface area contributed by atoms with Crippen molar-refractivity contribution in [3.63, 3.8) is 0 Å². The minimum absolute atomic E-state index is 0.153. The molecule has 0 saturated heterocycles. The van der Waals surface area contributed by atoms with Gasteiger partial charge in [-0.05, 0) is 35.2 Å². The summed E-state index contributed by atoms with van der Waals surface area (Å²) in [7, 11) is 1.62. The Morgan fingerprint density at radius 3 is 2.70 bits per heavy atom. The number of benzene rings is 1. The quantitative estimate of drug-likeness (QED) is 0.660. The highest BCUT2D eigenvalue weighted by molar-refractivity contribution is 7.99. The van der Waals surface area contributed by atoms with E-state index in [1.54, 1.807) is 14.0 Å². The Balaban J connectivity index is 2.54. The second kappa shape index (κ2) is 5.25. The number of carbonyl (C=O) groups is 1. The second-order valence-corrected chi connectivity index (χ2v) is 4.88. The number of aromatic nitrogens is 4. The standard InChI is InChI=1S/C10H9N5O4S/c1-5-7(15(18)19)3-6(9(16)17)4-8(5)20-10-11-12-13-14(10)2/h3-4H,1-2H3,(H,16,17). The van der Waals surface area contributed by atoms with Crippen molar-refractivity contribution in [2.24, 2.45) is 7.05 Å². The lowest BCUT2D eigenvalue weighted by Crippen LogP contribution is -2.02. The number of hydrogen-bond acceptors (Lipinski definition) is 7. The van der Waals surface area contributed by atoms with Gasteiger partial charge in [-0.2, -0.15) is 0 Å². The summed E-state index contributed by atoms with van der Waals surface area (Å²) in [6.45, 7) is 1.55. The van der Waals surface area contributed by atoms with Crippen LogP contribution in [0.3, 0.4) is 0 Å². The Morgan fingerprint density at radius 2 is 2.20 bits per heavy atom. The first-order chi connectivity index (χ1) is 9.40. The molecule has 2 rings (SSSR count). The molecule has 1 heterocycles. The Morgan fingerprint density at radius 1 is 1.50 bits per heavy atom. The summed E-state index contributed by atoms with van der Waals surface area (Å²) < 4.78 is 1.39. The molecular formula is C10H9N5O4S. The molecule has 1 aromatic carbocycles. The van der Waals surface area contributed by atoms with Gasteiger partial charge in [0.25, 0.3) is 5.69 Å². The van der Waals surface area contributed by atoms with E-state index in [0.717, 1.165) is 17.8 Å². The summed E-state index contributed by atoms with van der Waals surface area (Å²) in [4.78, 5) is 21.8. The van der Waals surface area contributed by atoms with Gasteiger partial charge >= 0.3 is 5.97 Å². The SMILES string of the molecule is Cc1c(Sc2nnnn2C)cc(C(=O)O)cc1[N+](=O)[O-]. The molecule has 0 atom stereocenters. The molecule has 0 aliphatic carbocycles. The average Bonchev–Trinajstić information content (AvgIpc) is 2.76. The van der Waals surface area contributed by atoms with E-state index in [0.29, 0.717) is 15.6 Å². The van der Waals surface area contributed by atoms with Crippen LogP contribution in [-0.2, 0) is 7.05 Å². The monoisotopic (exact) mass is 295 g/mol. The van der Waals surface area contributed by atoms with Crippen molar-refractivity contribution in [1.29, 1.82) is 0 Å². The molecule has 9 nitrogen and oxygen atoms in total. The molecule has 0 fully saturated rings. The van der Waals surface area contributed by atoms with Crippen molar-refractivity contribution in [2.75, 3.05) is 0 Å². The minimum atomic E-state index is -1.23. The van der Waals surface area contributed by atoms with Crippen LogP contribution >= 0.6 is 11.8 Å². The summed E-state index contributed by atoms with van der Waals surface area (Å²) in [5.74, 6) is -1.23. The number of hydrogen-bond donors (Lipinski definition) is 1. The molecule has 104 valence electrons. The minimum Gasteiger partial charge on any atom is -0.478 e. The van der Waals surface area contributed by atoms with Gasteiger partial charge in [-0.1, -0.05) is 0 Å². The van der Waals surface area contributed by atoms with Crippen molar-refractivity contribution in [1.82, 2.24) is 20.2 Å². The van der Waals surface area contributed by atoms with Gasteiger partial charge in [-0.25, -0.2) is 9.48 Å². The summed E-state index contributed by atoms with van der Waals surface area (Å²) in [5.41, 5.74) is -0.0320. The van der Waals surface area contributed by atoms with E-state index >= 15 is 0 Å². The highest BCUT2D eigenvalue weighted by atomic mass is 32.2. The molecule has 2 aromatic rings. The molecular weight excluding hydrogens is 286 g/mol. The van der Waals surface area contributed by atoms with Gasteiger partial charge in [0.1, 0.15) is 0 Å². The van der Waals surface area contributed by atoms with Crippen molar-refractivity contribution < 1.29 is 14.8 Å². The Kier molecular flexibility index (Phi) is 3.66. The summed E-state index contributed by atoms with van der Waals surface area (Å²) >= 11 is 1.07. The molecule has 20 heavy (non-hydrogen) atoms. The molecule has 10 heteroatoms. The summed E-state index contributed by atoms with van der Waals surface area (Å²) in [5, 5.41) is 31.2. The van der Waals surface area contributed by atoms with Gasteiger partial charge in [0.2, 0.25) is 5.16 Å². The molecule has 0 aliphatic heterocycles. The third-order valence-electron chi connectivity index (χ3n) is 2.56. The van der Waals surface area contributed by atoms with E-state index in [-0.39, 0.29) is 11.3 Å². The van der Waals surface area contributed by atoms with Crippen LogP contribution < -0.4 is 0 Å². The maximum Gasteiger partial charge on any atom is 0.335 e. The maximum atomic E-state index is 11.0. The van der Waals surface area contributed by atoms with E-state index in [2.05, 4.69) is 15.5 Å². The molecule has 1 N–H and O–H groups in total. The maximum absolute atomic E-state index is 11.0. The number of aromatic carboxylic acids is 1. The fraction of sp³-hybridized carbons (Fsp3) is 0.200. The van der Waals surface area contributed by atoms with Crippen molar-refractivity contribution >= 4 is 23.4 Å². The van der Waals surface area contributed by atoms with E-state index in [1.165, 1.54) is 10.7 Å². The van der Waals surface area contributed by atoms with Gasteiger partial charge in [-0.15, -0.1) is 5.10 Å². The summed E-state index contributed by atoms with van der Waals surface area (Å²) in [6.07, 6.45) is 0. The lowest BCUT2D eigenvalue weighted by Gasteiger charge is -2.06. The predicted octanol–water partition coefficient (Wildman–Crippen LogP) is 1.28. The molecule has 0 bridgehead atoms. The first-order valence-corrected chi connectivity index (χ1v) is 6.14. The third-order valence-corrected chi connectivity index (χ3v) is 3.73. The molecule has 0 radical (unpaired) electrons. The Bertz CT molecular complexity index is 699. The zero-order valence-corrected chi connectivity index (χ0v) is 11.3. The van der Waals surface area contributed by atoms with Crippen molar-refractivity contribution in [2.45, 2.75) is 17.0 Å². The molecule has 0 unspecified atom stereocenters. The molecule has 0 saturated carbocycles. The van der Waals surface area contributed by atoms with Crippen LogP contribution in [0.4, 0.5) is 5.69 Å². The van der Waals surface area contributed by atoms with Crippen molar-refractivity contribution in [3.05, 3.63) is 33.4 Å². The van der Waals surface area contributed by atoms with Gasteiger partial charge in [0.15, 0.2) is 0 Å². The number of carboxylic acids is 1. The van der Waals surface area contributed by atoms with Crippen LogP contribution in [0.5, 0.6) is 0 Å². The fourth-order valence-electron chi connectivity index (χ4n) is 1.50. The number of tetrazole rings is 1. The number of aryl methyl sites for hydroxylation is 1. The largest absolute Gasteiger partial charge is 0.478 e. The number of nitro groups is 1. The average molecular weight is 295 g/mol. The number of nitro benzene ring substituents is 1. The normalized spacial score (nSPS) is 10.5. The van der Waals surface area contributed by atoms with Gasteiger partial charge < -0.3 is 5.11 Å². The van der Waals surface area contributed by atoms with Crippen LogP contribution in [0.25, 0.3) is 0 Å². The lowest BCUT2D eigenvalue weighted by molar-refractivity contribution is -0.385. The molecule has 0 spiro atoms. The number of rotatable bonds is 4. The Hall–Kier alpha value is -2.49. The Labute approximate surface area is 116 Å². The smallest absolute Gasteiger partial charge is 0.335 e. The number of carboxylic acid groups (broad SMARTS) is 1. The zero-order valence-electron chi connectivity index (χ0n) is 10.5. The van der Waals surface area contributed by atoms with Crippen LogP contribution in [-0.4, -0.2) is 36.2 Å². The second-order valence-electron chi connectivity index (χ2n) is 3.87. The first-order valence-electron chi connectivity index (χ1n) is 5.32. The number of nitrogens with zero attached hydrogens (tertiary/aromatic N) is 5. The van der Waals surface area contributed by atoms with E-state index in [9.17, 15) is 14.9 Å². The van der Waals surface area contributed by atoms with Gasteiger partial charge in [0, 0.05) is 23.6 Å². The van der Waals surface area contributed by atoms with Gasteiger partial charge in [0.05, 0.1) is 10.5 Å². The fourth-order valence-corrected chi connectivity index (χ4v) is 2.38. The van der Waals surface area contributed by atoms with E-state index in [4.69, 9.17) is 5.11 Å².